The van der Waals surface area contributed by atoms with Gasteiger partial charge in [-0.25, -0.2) is 4.79 Å². The normalized spacial score (nSPS) is 29.2. The third-order valence-electron chi connectivity index (χ3n) is 5.22. The molecule has 5 nitrogen and oxygen atoms in total. The van der Waals surface area contributed by atoms with E-state index in [1.165, 1.54) is 0 Å². The smallest absolute Gasteiger partial charge is 0.338 e. The second-order valence-corrected chi connectivity index (χ2v) is 6.97. The Kier molecular flexibility index (Phi) is 7.26. The molecule has 1 heterocycles. The summed E-state index contributed by atoms with van der Waals surface area (Å²) < 4.78 is 16.7. The van der Waals surface area contributed by atoms with E-state index in [1.807, 2.05) is 13.0 Å². The van der Waals surface area contributed by atoms with Gasteiger partial charge in [0.2, 0.25) is 0 Å². The van der Waals surface area contributed by atoms with E-state index in [9.17, 15) is 9.90 Å². The summed E-state index contributed by atoms with van der Waals surface area (Å²) >= 11 is 0. The summed E-state index contributed by atoms with van der Waals surface area (Å²) in [6, 6.07) is 7.02. The van der Waals surface area contributed by atoms with Crippen LogP contribution in [0.4, 0.5) is 0 Å². The lowest BCUT2D eigenvalue weighted by Gasteiger charge is -2.41. The third kappa shape index (κ3) is 5.19. The molecule has 0 radical (unpaired) electrons. The van der Waals surface area contributed by atoms with Gasteiger partial charge in [0, 0.05) is 5.92 Å². The monoisotopic (exact) mass is 350 g/mol. The van der Waals surface area contributed by atoms with Gasteiger partial charge in [0.25, 0.3) is 0 Å². The van der Waals surface area contributed by atoms with E-state index in [4.69, 9.17) is 14.2 Å². The topological polar surface area (TPSA) is 65.0 Å². The Hall–Kier alpha value is -1.59. The number of carbonyl (C=O) groups excluding carboxylic acids is 1. The highest BCUT2D eigenvalue weighted by atomic mass is 16.6. The van der Waals surface area contributed by atoms with Gasteiger partial charge in [-0.05, 0) is 36.5 Å². The van der Waals surface area contributed by atoms with Crippen LogP contribution in [-0.2, 0) is 9.47 Å². The molecular formula is C20H30O5. The fourth-order valence-corrected chi connectivity index (χ4v) is 2.98. The van der Waals surface area contributed by atoms with Crippen molar-refractivity contribution >= 4 is 5.97 Å². The molecule has 0 bridgehead atoms. The first-order chi connectivity index (χ1) is 11.9. The Labute approximate surface area is 150 Å². The van der Waals surface area contributed by atoms with Crippen molar-refractivity contribution < 1.29 is 24.1 Å². The Balaban J connectivity index is 1.90. The molecule has 1 aromatic rings. The van der Waals surface area contributed by atoms with Crippen LogP contribution in [0.2, 0.25) is 0 Å². The first kappa shape index (κ1) is 19.7. The maximum atomic E-state index is 12.3. The number of aliphatic hydroxyl groups excluding tert-OH is 1. The Morgan fingerprint density at radius 3 is 2.68 bits per heavy atom. The van der Waals surface area contributed by atoms with Crippen molar-refractivity contribution in [2.24, 2.45) is 17.8 Å². The maximum Gasteiger partial charge on any atom is 0.338 e. The largest absolute Gasteiger partial charge is 0.494 e. The van der Waals surface area contributed by atoms with E-state index in [0.29, 0.717) is 23.8 Å². The lowest BCUT2D eigenvalue weighted by molar-refractivity contribution is -0.232. The second-order valence-electron chi connectivity index (χ2n) is 6.97. The summed E-state index contributed by atoms with van der Waals surface area (Å²) in [4.78, 5) is 12.3. The number of unbranched alkanes of at least 4 members (excludes halogenated alkanes) is 1. The summed E-state index contributed by atoms with van der Waals surface area (Å²) in [5.74, 6) is 0.831. The molecule has 1 aliphatic rings. The SMILES string of the molecule is CCCCOc1cccc(C(=O)OCC2O[C@H](O)C(C)[C@@H](C)[C@@H]2C)c1. The minimum absolute atomic E-state index is 0.0684. The average Bonchev–Trinajstić information content (AvgIpc) is 2.62. The van der Waals surface area contributed by atoms with Crippen molar-refractivity contribution in [3.63, 3.8) is 0 Å². The molecule has 25 heavy (non-hydrogen) atoms. The molecule has 0 amide bonds. The van der Waals surface area contributed by atoms with Gasteiger partial charge in [0.1, 0.15) is 12.4 Å². The molecule has 2 unspecified atom stereocenters. The zero-order valence-electron chi connectivity index (χ0n) is 15.6. The van der Waals surface area contributed by atoms with E-state index < -0.39 is 12.3 Å². The van der Waals surface area contributed by atoms with E-state index in [0.717, 1.165) is 12.8 Å². The molecule has 5 atom stereocenters. The molecule has 1 fully saturated rings. The minimum Gasteiger partial charge on any atom is -0.494 e. The van der Waals surface area contributed by atoms with E-state index in [2.05, 4.69) is 20.8 Å². The van der Waals surface area contributed by atoms with Crippen molar-refractivity contribution in [1.29, 1.82) is 0 Å². The predicted octanol–water partition coefficient (Wildman–Crippen LogP) is 3.65. The number of ether oxygens (including phenoxy) is 3. The summed E-state index contributed by atoms with van der Waals surface area (Å²) in [6.45, 7) is 8.99. The van der Waals surface area contributed by atoms with E-state index in [-0.39, 0.29) is 24.5 Å². The van der Waals surface area contributed by atoms with Gasteiger partial charge in [0.15, 0.2) is 6.29 Å². The summed E-state index contributed by atoms with van der Waals surface area (Å²) in [5.41, 5.74) is 0.458. The van der Waals surface area contributed by atoms with Crippen LogP contribution in [0.1, 0.15) is 50.9 Å². The summed E-state index contributed by atoms with van der Waals surface area (Å²) in [6.07, 6.45) is 0.925. The van der Waals surface area contributed by atoms with Gasteiger partial charge in [-0.1, -0.05) is 40.2 Å². The van der Waals surface area contributed by atoms with Crippen LogP contribution in [0, 0.1) is 17.8 Å². The maximum absolute atomic E-state index is 12.3. The molecule has 1 saturated heterocycles. The summed E-state index contributed by atoms with van der Waals surface area (Å²) in [5, 5.41) is 9.98. The van der Waals surface area contributed by atoms with Crippen LogP contribution in [0.5, 0.6) is 5.75 Å². The zero-order chi connectivity index (χ0) is 18.4. The number of rotatable bonds is 7. The molecule has 1 aliphatic heterocycles. The van der Waals surface area contributed by atoms with E-state index >= 15 is 0 Å². The van der Waals surface area contributed by atoms with Gasteiger partial charge in [-0.15, -0.1) is 0 Å². The van der Waals surface area contributed by atoms with Crippen molar-refractivity contribution in [2.45, 2.75) is 52.9 Å². The van der Waals surface area contributed by atoms with Crippen molar-refractivity contribution in [3.05, 3.63) is 29.8 Å². The number of hydrogen-bond donors (Lipinski definition) is 1. The van der Waals surface area contributed by atoms with Crippen molar-refractivity contribution in [3.8, 4) is 5.75 Å². The van der Waals surface area contributed by atoms with Crippen LogP contribution in [0.25, 0.3) is 0 Å². The standard InChI is InChI=1S/C20H30O5/c1-5-6-10-23-17-9-7-8-16(11-17)20(22)24-12-18-14(3)13(2)15(4)19(21)25-18/h7-9,11,13-15,18-19,21H,5-6,10,12H2,1-4H3/t13-,14-,15?,18?,19-/m0/s1. The zero-order valence-corrected chi connectivity index (χ0v) is 15.6. The number of benzene rings is 1. The predicted molar refractivity (Wildman–Crippen MR) is 95.5 cm³/mol. The molecule has 0 aliphatic carbocycles. The van der Waals surface area contributed by atoms with Crippen molar-refractivity contribution in [2.75, 3.05) is 13.2 Å². The van der Waals surface area contributed by atoms with Crippen LogP contribution in [-0.4, -0.2) is 36.7 Å². The van der Waals surface area contributed by atoms with Crippen LogP contribution in [0.3, 0.4) is 0 Å². The van der Waals surface area contributed by atoms with Crippen LogP contribution in [0.15, 0.2) is 24.3 Å². The minimum atomic E-state index is -0.815. The molecule has 1 aromatic carbocycles. The van der Waals surface area contributed by atoms with Gasteiger partial charge in [-0.2, -0.15) is 0 Å². The quantitative estimate of drug-likeness (QED) is 0.601. The molecule has 0 saturated carbocycles. The molecule has 140 valence electrons. The molecule has 2 rings (SSSR count). The highest BCUT2D eigenvalue weighted by Gasteiger charge is 2.38. The van der Waals surface area contributed by atoms with Crippen LogP contribution < -0.4 is 4.74 Å². The Bertz CT molecular complexity index is 559. The molecule has 0 aromatic heterocycles. The van der Waals surface area contributed by atoms with Gasteiger partial charge in [0.05, 0.1) is 18.3 Å². The van der Waals surface area contributed by atoms with Crippen LogP contribution >= 0.6 is 0 Å². The highest BCUT2D eigenvalue weighted by Crippen LogP contribution is 2.34. The summed E-state index contributed by atoms with van der Waals surface area (Å²) in [7, 11) is 0. The van der Waals surface area contributed by atoms with Gasteiger partial charge in [-0.3, -0.25) is 0 Å². The average molecular weight is 350 g/mol. The number of carbonyl (C=O) groups is 1. The molecule has 0 spiro atoms. The van der Waals surface area contributed by atoms with E-state index in [1.54, 1.807) is 18.2 Å². The fourth-order valence-electron chi connectivity index (χ4n) is 2.98. The Morgan fingerprint density at radius 1 is 1.20 bits per heavy atom. The molecule has 1 N–H and O–H groups in total. The number of aliphatic hydroxyl groups is 1. The molecule has 5 heteroatoms. The highest BCUT2D eigenvalue weighted by molar-refractivity contribution is 5.89. The lowest BCUT2D eigenvalue weighted by atomic mass is 9.79. The fraction of sp³-hybridized carbons (Fsp3) is 0.650. The Morgan fingerprint density at radius 2 is 1.96 bits per heavy atom. The second kappa shape index (κ2) is 9.20. The van der Waals surface area contributed by atoms with Gasteiger partial charge >= 0.3 is 5.97 Å². The first-order valence-electron chi connectivity index (χ1n) is 9.17. The lowest BCUT2D eigenvalue weighted by Crippen LogP contribution is -2.46. The number of hydrogen-bond acceptors (Lipinski definition) is 5. The van der Waals surface area contributed by atoms with Crippen molar-refractivity contribution in [1.82, 2.24) is 0 Å². The molecular weight excluding hydrogens is 320 g/mol. The third-order valence-corrected chi connectivity index (χ3v) is 5.22. The number of esters is 1. The van der Waals surface area contributed by atoms with Gasteiger partial charge < -0.3 is 19.3 Å². The first-order valence-corrected chi connectivity index (χ1v) is 9.17.